The first-order valence-corrected chi connectivity index (χ1v) is 11.4. The Balaban J connectivity index is 1.97. The van der Waals surface area contributed by atoms with Crippen molar-refractivity contribution in [3.63, 3.8) is 0 Å². The van der Waals surface area contributed by atoms with Gasteiger partial charge in [-0.3, -0.25) is 0 Å². The number of phenolic OH excluding ortho intramolecular Hbond substituents is 2. The molecule has 0 radical (unpaired) electrons. The van der Waals surface area contributed by atoms with Crippen molar-refractivity contribution in [2.75, 3.05) is 0 Å². The number of halogens is 4. The minimum absolute atomic E-state index is 0.0968. The van der Waals surface area contributed by atoms with Crippen LogP contribution in [0.4, 0.5) is 0 Å². The van der Waals surface area contributed by atoms with E-state index in [0.29, 0.717) is 23.8 Å². The van der Waals surface area contributed by atoms with Crippen LogP contribution in [0.2, 0.25) is 0 Å². The third-order valence-corrected chi connectivity index (χ3v) is 8.33. The van der Waals surface area contributed by atoms with E-state index in [1.54, 1.807) is 0 Å². The maximum Gasteiger partial charge on any atom is 0.143 e. The Bertz CT molecular complexity index is 761. The predicted molar refractivity (Wildman–Crippen MR) is 113 cm³/mol. The predicted octanol–water partition coefficient (Wildman–Crippen LogP) is 7.25. The minimum atomic E-state index is -0.0968. The molecule has 0 spiro atoms. The molecule has 4 rings (SSSR count). The average Bonchev–Trinajstić information content (AvgIpc) is 3.18. The van der Waals surface area contributed by atoms with Crippen LogP contribution in [0.25, 0.3) is 0 Å². The number of hydrogen-bond donors (Lipinski definition) is 2. The molecule has 2 aliphatic rings. The van der Waals surface area contributed by atoms with E-state index in [9.17, 15) is 10.2 Å². The Morgan fingerprint density at radius 2 is 1.20 bits per heavy atom. The quantitative estimate of drug-likeness (QED) is 0.384. The van der Waals surface area contributed by atoms with Crippen molar-refractivity contribution in [2.45, 2.75) is 31.1 Å². The molecule has 2 N–H and O–H groups in total. The van der Waals surface area contributed by atoms with Crippen LogP contribution in [-0.2, 0) is 5.41 Å². The molecule has 2 fully saturated rings. The van der Waals surface area contributed by atoms with E-state index >= 15 is 0 Å². The van der Waals surface area contributed by atoms with Gasteiger partial charge in [-0.15, -0.1) is 0 Å². The van der Waals surface area contributed by atoms with Crippen LogP contribution in [0.3, 0.4) is 0 Å². The van der Waals surface area contributed by atoms with E-state index in [1.807, 2.05) is 0 Å². The van der Waals surface area contributed by atoms with Gasteiger partial charge in [0.05, 0.1) is 17.9 Å². The van der Waals surface area contributed by atoms with Gasteiger partial charge in [-0.1, -0.05) is 6.42 Å². The highest BCUT2D eigenvalue weighted by atomic mass is 79.9. The van der Waals surface area contributed by atoms with Gasteiger partial charge < -0.3 is 10.2 Å². The van der Waals surface area contributed by atoms with Gasteiger partial charge in [-0.05, 0) is 130 Å². The summed E-state index contributed by atoms with van der Waals surface area (Å²) in [6.07, 6.45) is 4.86. The number of phenols is 2. The molecule has 2 atom stereocenters. The third-order valence-electron chi connectivity index (χ3n) is 5.91. The van der Waals surface area contributed by atoms with Crippen LogP contribution in [-0.4, -0.2) is 10.2 Å². The van der Waals surface area contributed by atoms with Crippen LogP contribution in [0.1, 0.15) is 36.8 Å². The lowest BCUT2D eigenvalue weighted by atomic mass is 9.64. The molecule has 0 aromatic heterocycles. The van der Waals surface area contributed by atoms with Gasteiger partial charge in [-0.2, -0.15) is 0 Å². The number of rotatable bonds is 2. The molecular weight excluding hydrogens is 580 g/mol. The van der Waals surface area contributed by atoms with Crippen molar-refractivity contribution in [3.05, 3.63) is 53.3 Å². The minimum Gasteiger partial charge on any atom is -0.506 e. The molecule has 0 amide bonds. The SMILES string of the molecule is Oc1c(Br)cc(C2(c3cc(Br)c(O)c(Br)c3)CC3CCC2C3)cc1Br. The maximum atomic E-state index is 10.1. The van der Waals surface area contributed by atoms with Crippen molar-refractivity contribution < 1.29 is 10.2 Å². The lowest BCUT2D eigenvalue weighted by molar-refractivity contribution is 0.319. The third kappa shape index (κ3) is 2.82. The summed E-state index contributed by atoms with van der Waals surface area (Å²) in [6, 6.07) is 8.20. The van der Waals surface area contributed by atoms with Crippen LogP contribution < -0.4 is 0 Å². The molecule has 0 saturated heterocycles. The average molecular weight is 596 g/mol. The van der Waals surface area contributed by atoms with E-state index < -0.39 is 0 Å². The van der Waals surface area contributed by atoms with Gasteiger partial charge in [0.25, 0.3) is 0 Å². The fourth-order valence-corrected chi connectivity index (χ4v) is 7.22. The van der Waals surface area contributed by atoms with E-state index in [0.717, 1.165) is 12.3 Å². The van der Waals surface area contributed by atoms with E-state index in [1.165, 1.54) is 30.4 Å². The van der Waals surface area contributed by atoms with Gasteiger partial charge in [-0.25, -0.2) is 0 Å². The first-order valence-electron chi connectivity index (χ1n) is 8.20. The second kappa shape index (κ2) is 6.54. The van der Waals surface area contributed by atoms with Gasteiger partial charge >= 0.3 is 0 Å². The molecule has 132 valence electrons. The number of fused-ring (bicyclic) bond motifs is 2. The van der Waals surface area contributed by atoms with Crippen LogP contribution >= 0.6 is 63.7 Å². The van der Waals surface area contributed by atoms with E-state index in [-0.39, 0.29) is 16.9 Å². The lowest BCUT2D eigenvalue weighted by Crippen LogP contribution is -2.34. The largest absolute Gasteiger partial charge is 0.506 e. The summed E-state index contributed by atoms with van der Waals surface area (Å²) in [4.78, 5) is 0. The second-order valence-electron chi connectivity index (χ2n) is 7.13. The summed E-state index contributed by atoms with van der Waals surface area (Å²) in [5.41, 5.74) is 2.32. The smallest absolute Gasteiger partial charge is 0.143 e. The van der Waals surface area contributed by atoms with Gasteiger partial charge in [0.15, 0.2) is 0 Å². The Kier molecular flexibility index (Phi) is 4.79. The summed E-state index contributed by atoms with van der Waals surface area (Å²) in [7, 11) is 0. The standard InChI is InChI=1S/C19H16Br4O2/c20-13-4-11(5-14(21)17(13)24)19(8-9-1-2-10(19)3-9)12-6-15(22)18(25)16(23)7-12/h4-7,9-10,24-25H,1-3,8H2. The summed E-state index contributed by atoms with van der Waals surface area (Å²) in [5, 5.41) is 20.3. The second-order valence-corrected chi connectivity index (χ2v) is 10.5. The molecular formula is C19H16Br4O2. The normalized spacial score (nSPS) is 24.0. The number of hydrogen-bond acceptors (Lipinski definition) is 2. The highest BCUT2D eigenvalue weighted by molar-refractivity contribution is 9.11. The molecule has 2 nitrogen and oxygen atoms in total. The first kappa shape index (κ1) is 18.3. The maximum absolute atomic E-state index is 10.1. The highest BCUT2D eigenvalue weighted by Crippen LogP contribution is 2.61. The molecule has 2 saturated carbocycles. The van der Waals surface area contributed by atoms with Gasteiger partial charge in [0.1, 0.15) is 11.5 Å². The summed E-state index contributed by atoms with van der Waals surface area (Å²) in [5.74, 6) is 1.78. The van der Waals surface area contributed by atoms with Crippen LogP contribution in [0.5, 0.6) is 11.5 Å². The molecule has 2 bridgehead atoms. The Labute approximate surface area is 180 Å². The topological polar surface area (TPSA) is 40.5 Å². The highest BCUT2D eigenvalue weighted by Gasteiger charge is 2.53. The zero-order valence-electron chi connectivity index (χ0n) is 13.2. The van der Waals surface area contributed by atoms with Crippen molar-refractivity contribution in [1.29, 1.82) is 0 Å². The monoisotopic (exact) mass is 592 g/mol. The fourth-order valence-electron chi connectivity index (χ4n) is 4.85. The van der Waals surface area contributed by atoms with Crippen LogP contribution in [0, 0.1) is 11.8 Å². The van der Waals surface area contributed by atoms with Crippen LogP contribution in [0.15, 0.2) is 42.2 Å². The van der Waals surface area contributed by atoms with Crippen molar-refractivity contribution in [3.8, 4) is 11.5 Å². The fraction of sp³-hybridized carbons (Fsp3) is 0.368. The lowest BCUT2D eigenvalue weighted by Gasteiger charge is -2.40. The molecule has 25 heavy (non-hydrogen) atoms. The van der Waals surface area contributed by atoms with E-state index in [4.69, 9.17) is 0 Å². The molecule has 2 unspecified atom stereocenters. The number of benzene rings is 2. The Hall–Kier alpha value is -0.0400. The molecule has 2 aromatic rings. The van der Waals surface area contributed by atoms with Crippen molar-refractivity contribution >= 4 is 63.7 Å². The summed E-state index contributed by atoms with van der Waals surface area (Å²) >= 11 is 14.0. The first-order chi connectivity index (χ1) is 11.8. The van der Waals surface area contributed by atoms with E-state index in [2.05, 4.69) is 88.0 Å². The molecule has 2 aromatic carbocycles. The van der Waals surface area contributed by atoms with Gasteiger partial charge in [0.2, 0.25) is 0 Å². The zero-order valence-corrected chi connectivity index (χ0v) is 19.5. The number of aromatic hydroxyl groups is 2. The Morgan fingerprint density at radius 3 is 1.52 bits per heavy atom. The summed E-state index contributed by atoms with van der Waals surface area (Å²) in [6.45, 7) is 0. The Morgan fingerprint density at radius 1 is 0.760 bits per heavy atom. The molecule has 0 heterocycles. The molecule has 6 heteroatoms. The zero-order chi connectivity index (χ0) is 17.9. The van der Waals surface area contributed by atoms with Gasteiger partial charge in [0, 0.05) is 5.41 Å². The van der Waals surface area contributed by atoms with Crippen molar-refractivity contribution in [2.24, 2.45) is 11.8 Å². The summed E-state index contributed by atoms with van der Waals surface area (Å²) < 4.78 is 2.82. The van der Waals surface area contributed by atoms with Crippen molar-refractivity contribution in [1.82, 2.24) is 0 Å². The molecule has 2 aliphatic carbocycles. The molecule has 0 aliphatic heterocycles.